The molecule has 1 aliphatic carbocycles. The van der Waals surface area contributed by atoms with E-state index in [-0.39, 0.29) is 42.4 Å². The number of benzene rings is 1. The summed E-state index contributed by atoms with van der Waals surface area (Å²) in [7, 11) is -0.502. The normalized spacial score (nSPS) is 16.8. The minimum absolute atomic E-state index is 0.0216. The molecule has 1 fully saturated rings. The highest BCUT2D eigenvalue weighted by molar-refractivity contribution is 7.91. The minimum atomic E-state index is -3.77. The molecular weight excluding hydrogens is 550 g/mol. The number of hydrogen-bond acceptors (Lipinski definition) is 7. The van der Waals surface area contributed by atoms with E-state index in [2.05, 4.69) is 15.3 Å². The Kier molecular flexibility index (Phi) is 6.55. The molecule has 0 unspecified atom stereocenters. The van der Waals surface area contributed by atoms with Crippen molar-refractivity contribution in [2.24, 2.45) is 13.0 Å². The molecule has 12 heteroatoms. The minimum Gasteiger partial charge on any atom is -0.480 e. The number of fused-ring (bicyclic) bond motifs is 3. The number of methoxy groups -OCH3 is 1. The summed E-state index contributed by atoms with van der Waals surface area (Å²) in [5, 5.41) is 8.77. The van der Waals surface area contributed by atoms with Crippen LogP contribution in [0.1, 0.15) is 43.0 Å². The molecule has 4 aromatic heterocycles. The second kappa shape index (κ2) is 9.86. The second-order valence-corrected chi connectivity index (χ2v) is 12.8. The molecule has 5 aromatic rings. The van der Waals surface area contributed by atoms with Crippen molar-refractivity contribution in [3.63, 3.8) is 0 Å². The monoisotopic (exact) mass is 580 g/mol. The summed E-state index contributed by atoms with van der Waals surface area (Å²) < 4.78 is 64.4. The van der Waals surface area contributed by atoms with Gasteiger partial charge in [0.25, 0.3) is 0 Å². The average molecular weight is 581 g/mol. The van der Waals surface area contributed by atoms with Crippen LogP contribution in [-0.4, -0.2) is 57.2 Å². The molecule has 0 radical (unpaired) electrons. The Labute approximate surface area is 236 Å². The van der Waals surface area contributed by atoms with Gasteiger partial charge in [-0.2, -0.15) is 0 Å². The van der Waals surface area contributed by atoms with E-state index in [4.69, 9.17) is 9.72 Å². The van der Waals surface area contributed by atoms with Crippen LogP contribution in [0.25, 0.3) is 33.2 Å². The second-order valence-electron chi connectivity index (χ2n) is 10.8. The number of alkyl halides is 2. The van der Waals surface area contributed by atoms with Crippen LogP contribution in [0.2, 0.25) is 0 Å². The smallest absolute Gasteiger partial charge is 0.248 e. The molecule has 41 heavy (non-hydrogen) atoms. The number of nitrogens with zero attached hydrogens (tertiary/aromatic N) is 6. The highest BCUT2D eigenvalue weighted by Gasteiger charge is 2.40. The van der Waals surface area contributed by atoms with Gasteiger partial charge in [-0.25, -0.2) is 26.9 Å². The van der Waals surface area contributed by atoms with Crippen LogP contribution in [0.4, 0.5) is 8.78 Å². The Bertz CT molecular complexity index is 1860. The van der Waals surface area contributed by atoms with E-state index in [9.17, 15) is 17.2 Å². The molecule has 6 rings (SSSR count). The fraction of sp³-hybridized carbons (Fsp3) is 0.379. The zero-order chi connectivity index (χ0) is 29.1. The standard InChI is InChI=1S/C29H30F2N6O3S/c1-17-25(36(2)35-34-17)20-14-21-24(32-15-20)23-27(22(41(4,38)39)16-33-28(23)40-3)37(21)26(18-8-6-5-7-9-18)19-10-12-29(30,31)13-11-19/h5-9,14-16,19,26H,10-13H2,1-4H3/t26-/m0/s1. The van der Waals surface area contributed by atoms with Crippen molar-refractivity contribution in [2.75, 3.05) is 13.4 Å². The number of aromatic nitrogens is 6. The van der Waals surface area contributed by atoms with E-state index in [1.165, 1.54) is 13.3 Å². The zero-order valence-electron chi connectivity index (χ0n) is 23.2. The molecule has 0 saturated heterocycles. The molecule has 1 atom stereocenters. The van der Waals surface area contributed by atoms with E-state index in [1.807, 2.05) is 47.9 Å². The Balaban J connectivity index is 1.76. The Morgan fingerprint density at radius 1 is 1.10 bits per heavy atom. The molecule has 9 nitrogen and oxygen atoms in total. The maximum Gasteiger partial charge on any atom is 0.248 e. The number of pyridine rings is 2. The first-order chi connectivity index (χ1) is 19.5. The lowest BCUT2D eigenvalue weighted by molar-refractivity contribution is -0.0493. The maximum absolute atomic E-state index is 14.4. The summed E-state index contributed by atoms with van der Waals surface area (Å²) in [6.07, 6.45) is 4.24. The summed E-state index contributed by atoms with van der Waals surface area (Å²) in [5.41, 5.74) is 4.64. The first-order valence-corrected chi connectivity index (χ1v) is 15.3. The Morgan fingerprint density at radius 2 is 1.80 bits per heavy atom. The topological polar surface area (TPSA) is 105 Å². The lowest BCUT2D eigenvalue weighted by atomic mass is 9.79. The van der Waals surface area contributed by atoms with Gasteiger partial charge in [-0.1, -0.05) is 35.5 Å². The predicted molar refractivity (Wildman–Crippen MR) is 151 cm³/mol. The molecule has 4 heterocycles. The fourth-order valence-corrected chi connectivity index (χ4v) is 7.03. The first kappa shape index (κ1) is 27.3. The Morgan fingerprint density at radius 3 is 2.41 bits per heavy atom. The highest BCUT2D eigenvalue weighted by atomic mass is 32.2. The van der Waals surface area contributed by atoms with E-state index < -0.39 is 21.8 Å². The molecule has 214 valence electrons. The van der Waals surface area contributed by atoms with Gasteiger partial charge in [-0.3, -0.25) is 4.98 Å². The van der Waals surface area contributed by atoms with Crippen LogP contribution in [0.5, 0.6) is 5.88 Å². The third-order valence-electron chi connectivity index (χ3n) is 8.08. The SMILES string of the molecule is COc1ncc(S(C)(=O)=O)c2c1c1ncc(-c3c(C)nnn3C)cc1n2[C@@H](c1ccccc1)C1CCC(F)(F)CC1. The number of rotatable bonds is 6. The quantitative estimate of drug-likeness (QED) is 0.261. The van der Waals surface area contributed by atoms with Crippen molar-refractivity contribution in [3.8, 4) is 17.1 Å². The van der Waals surface area contributed by atoms with Crippen LogP contribution in [0.15, 0.2) is 53.7 Å². The number of aryl methyl sites for hydroxylation is 2. The van der Waals surface area contributed by atoms with E-state index in [1.54, 1.807) is 17.9 Å². The maximum atomic E-state index is 14.4. The summed E-state index contributed by atoms with van der Waals surface area (Å²) >= 11 is 0. The van der Waals surface area contributed by atoms with E-state index >= 15 is 0 Å². The van der Waals surface area contributed by atoms with Crippen LogP contribution in [0, 0.1) is 12.8 Å². The van der Waals surface area contributed by atoms with Crippen molar-refractivity contribution < 1.29 is 21.9 Å². The van der Waals surface area contributed by atoms with Crippen molar-refractivity contribution in [1.82, 2.24) is 29.5 Å². The third-order valence-corrected chi connectivity index (χ3v) is 9.17. The molecule has 0 aliphatic heterocycles. The van der Waals surface area contributed by atoms with Crippen LogP contribution >= 0.6 is 0 Å². The molecule has 1 aliphatic rings. The number of halogens is 2. The average Bonchev–Trinajstić information content (AvgIpc) is 3.45. The predicted octanol–water partition coefficient (Wildman–Crippen LogP) is 5.52. The molecule has 0 amide bonds. The van der Waals surface area contributed by atoms with Crippen LogP contribution in [0.3, 0.4) is 0 Å². The lowest BCUT2D eigenvalue weighted by Crippen LogP contribution is -2.30. The summed E-state index contributed by atoms with van der Waals surface area (Å²) in [5.74, 6) is -2.68. The Hall–Kier alpha value is -3.93. The number of sulfone groups is 1. The van der Waals surface area contributed by atoms with Crippen molar-refractivity contribution in [2.45, 2.75) is 49.5 Å². The van der Waals surface area contributed by atoms with Gasteiger partial charge in [0.05, 0.1) is 47.2 Å². The van der Waals surface area contributed by atoms with Gasteiger partial charge in [0.1, 0.15) is 10.4 Å². The first-order valence-electron chi connectivity index (χ1n) is 13.4. The van der Waals surface area contributed by atoms with Gasteiger partial charge >= 0.3 is 0 Å². The molecule has 1 aromatic carbocycles. The van der Waals surface area contributed by atoms with Crippen molar-refractivity contribution in [3.05, 3.63) is 60.0 Å². The van der Waals surface area contributed by atoms with Crippen LogP contribution in [-0.2, 0) is 16.9 Å². The molecule has 0 N–H and O–H groups in total. The highest BCUT2D eigenvalue weighted by Crippen LogP contribution is 2.48. The van der Waals surface area contributed by atoms with Gasteiger partial charge in [-0.15, -0.1) is 5.10 Å². The van der Waals surface area contributed by atoms with E-state index in [0.29, 0.717) is 27.6 Å². The lowest BCUT2D eigenvalue weighted by Gasteiger charge is -2.36. The van der Waals surface area contributed by atoms with Gasteiger partial charge in [0.2, 0.25) is 11.8 Å². The third kappa shape index (κ3) is 4.63. The van der Waals surface area contributed by atoms with Crippen molar-refractivity contribution in [1.29, 1.82) is 0 Å². The van der Waals surface area contributed by atoms with Crippen molar-refractivity contribution >= 4 is 31.8 Å². The molecular formula is C29H30F2N6O3S. The fourth-order valence-electron chi connectivity index (χ4n) is 6.23. The molecule has 0 spiro atoms. The summed E-state index contributed by atoms with van der Waals surface area (Å²) in [6.45, 7) is 1.85. The number of ether oxygens (including phenoxy) is 1. The summed E-state index contributed by atoms with van der Waals surface area (Å²) in [6, 6.07) is 11.1. The molecule has 0 bridgehead atoms. The molecule has 1 saturated carbocycles. The number of hydrogen-bond donors (Lipinski definition) is 0. The van der Waals surface area contributed by atoms with E-state index in [0.717, 1.165) is 23.1 Å². The van der Waals surface area contributed by atoms with Gasteiger partial charge in [-0.05, 0) is 37.3 Å². The van der Waals surface area contributed by atoms with Gasteiger partial charge in [0.15, 0.2) is 9.84 Å². The van der Waals surface area contributed by atoms with Crippen LogP contribution < -0.4 is 4.74 Å². The van der Waals surface area contributed by atoms with Gasteiger partial charge < -0.3 is 9.30 Å². The summed E-state index contributed by atoms with van der Waals surface area (Å²) in [4.78, 5) is 9.18. The van der Waals surface area contributed by atoms with Gasteiger partial charge in [0, 0.05) is 37.9 Å². The zero-order valence-corrected chi connectivity index (χ0v) is 24.0. The largest absolute Gasteiger partial charge is 0.480 e.